The van der Waals surface area contributed by atoms with Crippen molar-refractivity contribution in [1.82, 2.24) is 19.6 Å². The lowest BCUT2D eigenvalue weighted by atomic mass is 9.38. The molecule has 108 heavy (non-hydrogen) atoms. The van der Waals surface area contributed by atoms with Crippen molar-refractivity contribution >= 4 is 0 Å². The van der Waals surface area contributed by atoms with Crippen molar-refractivity contribution in [2.75, 3.05) is 0 Å². The van der Waals surface area contributed by atoms with Crippen LogP contribution < -0.4 is 0 Å². The molecule has 0 aromatic heterocycles. The van der Waals surface area contributed by atoms with E-state index in [9.17, 15) is 0 Å². The summed E-state index contributed by atoms with van der Waals surface area (Å²) in [5.41, 5.74) is 2.41. The van der Waals surface area contributed by atoms with Crippen LogP contribution in [0.25, 0.3) is 0 Å². The van der Waals surface area contributed by atoms with Gasteiger partial charge in [0.2, 0.25) is 0 Å². The van der Waals surface area contributed by atoms with Gasteiger partial charge in [-0.25, -0.2) is 0 Å². The second-order valence-corrected chi connectivity index (χ2v) is 51.1. The predicted octanol–water partition coefficient (Wildman–Crippen LogP) is 28.7. The molecular weight excluding hydrogens is 1310 g/mol. The Labute approximate surface area is 673 Å². The Balaban J connectivity index is 1.02. The molecule has 12 unspecified atom stereocenters. The quantitative estimate of drug-likeness (QED) is 0.172. The number of hydrogen-bond donors (Lipinski definition) is 0. The standard InChI is InChI=1S/C104H186N4/c1-67-23-47-79(48-24-67)105(83-55-39-75(40-56-83)101(11,12)13)91-65-93(107(81-51-27-69(3)28-52-81)85-59-43-77(44-60-85)103(17,18)19)95-88(72-33-37-74(38-34-72)100(8,9)10)64-90-92(106(80-49-25-68(2)26-50-80)84-57-41-76(42-58-84)102(14,15)16)66-94(108(82-53-29-70(4)30-54-82)86-61-45-78(46-62-86)104(20,21)22)96-87(63-89(91)97(95)98(90)96)71-31-35-73(36-32-71)99(5,6)7/h67-98H,23-66H2,1-22H3. The highest BCUT2D eigenvalue weighted by molar-refractivity contribution is 5.21. The Morgan fingerprint density at radius 1 is 0.167 bits per heavy atom. The van der Waals surface area contributed by atoms with E-state index in [0.717, 1.165) is 191 Å². The lowest BCUT2D eigenvalue weighted by Crippen LogP contribution is -2.75. The molecule has 0 bridgehead atoms. The summed E-state index contributed by atoms with van der Waals surface area (Å²) >= 11 is 0. The first-order valence-electron chi connectivity index (χ1n) is 50.1. The summed E-state index contributed by atoms with van der Waals surface area (Å²) in [5, 5.41) is 0. The Morgan fingerprint density at radius 3 is 0.519 bits per heavy atom. The monoisotopic (exact) mass is 1490 g/mol. The molecule has 0 aromatic rings. The van der Waals surface area contributed by atoms with E-state index in [1.807, 2.05) is 0 Å². The second kappa shape index (κ2) is 33.9. The third-order valence-corrected chi connectivity index (χ3v) is 39.0. The zero-order valence-corrected chi connectivity index (χ0v) is 76.4. The van der Waals surface area contributed by atoms with Gasteiger partial charge in [-0.2, -0.15) is 0 Å². The zero-order chi connectivity index (χ0) is 76.9. The maximum atomic E-state index is 3.75. The fourth-order valence-electron chi connectivity index (χ4n) is 32.2. The van der Waals surface area contributed by atoms with E-state index >= 15 is 0 Å². The van der Waals surface area contributed by atoms with Gasteiger partial charge in [-0.05, 0) is 433 Å². The largest absolute Gasteiger partial charge is 0.294 e. The van der Waals surface area contributed by atoms with Crippen molar-refractivity contribution in [3.8, 4) is 0 Å². The van der Waals surface area contributed by atoms with Crippen molar-refractivity contribution in [3.05, 3.63) is 0 Å². The van der Waals surface area contributed by atoms with E-state index in [2.05, 4.69) is 172 Å². The Morgan fingerprint density at radius 2 is 0.333 bits per heavy atom. The summed E-state index contributed by atoms with van der Waals surface area (Å²) in [6.45, 7) is 58.4. The van der Waals surface area contributed by atoms with Crippen LogP contribution in [0.1, 0.15) is 435 Å². The van der Waals surface area contributed by atoms with E-state index in [0.29, 0.717) is 32.5 Å². The van der Waals surface area contributed by atoms with Gasteiger partial charge < -0.3 is 0 Å². The predicted molar refractivity (Wildman–Crippen MR) is 465 cm³/mol. The van der Waals surface area contributed by atoms with Gasteiger partial charge in [-0.15, -0.1) is 0 Å². The van der Waals surface area contributed by atoms with Crippen LogP contribution in [0.3, 0.4) is 0 Å². The highest BCUT2D eigenvalue weighted by atomic mass is 15.3. The maximum Gasteiger partial charge on any atom is 0.0150 e. The first-order valence-corrected chi connectivity index (χ1v) is 50.1. The molecule has 0 spiro atoms. The molecule has 0 aromatic carbocycles. The van der Waals surface area contributed by atoms with Gasteiger partial charge in [0.05, 0.1) is 0 Å². The molecule has 0 amide bonds. The summed E-state index contributed by atoms with van der Waals surface area (Å²) in [6, 6.07) is 9.11. The third kappa shape index (κ3) is 18.3. The SMILES string of the molecule is CC1CCC(N(C2CCC(C(C)(C)C)CC2)C2CC(N(C3CCC(C)CC3)C3CCC(C(C)(C)C)CC3)C3C(C4CCC(C(C)(C)C)CC4)CC4C5C3C2CC(C2CCC(C(C)(C)C)CC2)C5C(N(C2CCC(C)CC2)C2CCC(C(C)(C)C)CC2)CC4N(C2CCC(C)CC2)C2CCC(C(C)(C)C)CC2)CC1. The molecule has 0 N–H and O–H groups in total. The molecule has 0 radical (unpaired) electrons. The van der Waals surface area contributed by atoms with Gasteiger partial charge in [0.1, 0.15) is 0 Å². The highest BCUT2D eigenvalue weighted by Gasteiger charge is 2.69. The van der Waals surface area contributed by atoms with Crippen molar-refractivity contribution < 1.29 is 0 Å². The van der Waals surface area contributed by atoms with Crippen molar-refractivity contribution in [3.63, 3.8) is 0 Å². The Bertz CT molecular complexity index is 2540. The van der Waals surface area contributed by atoms with E-state index < -0.39 is 0 Å². The van der Waals surface area contributed by atoms with Gasteiger partial charge in [-0.3, -0.25) is 19.6 Å². The number of nitrogens with zero attached hydrogens (tertiary/aromatic N) is 4. The zero-order valence-electron chi connectivity index (χ0n) is 76.4. The summed E-state index contributed by atoms with van der Waals surface area (Å²) in [5.74, 6) is 17.4. The molecule has 0 heterocycles. The van der Waals surface area contributed by atoms with Crippen LogP contribution >= 0.6 is 0 Å². The normalized spacial score (nSPS) is 46.1. The van der Waals surface area contributed by atoms with E-state index in [1.165, 1.54) is 257 Å². The van der Waals surface area contributed by atoms with Crippen LogP contribution in [-0.2, 0) is 0 Å². The molecule has 14 saturated carbocycles. The summed E-state index contributed by atoms with van der Waals surface area (Å²) in [7, 11) is 0. The van der Waals surface area contributed by atoms with E-state index in [1.54, 1.807) is 25.7 Å². The van der Waals surface area contributed by atoms with Crippen LogP contribution in [0.5, 0.6) is 0 Å². The summed E-state index contributed by atoms with van der Waals surface area (Å²) < 4.78 is 0. The number of hydrogen-bond acceptors (Lipinski definition) is 4. The van der Waals surface area contributed by atoms with Crippen LogP contribution in [0, 0.1) is 151 Å². The molecular formula is C104H186N4. The van der Waals surface area contributed by atoms with Gasteiger partial charge >= 0.3 is 0 Å². The van der Waals surface area contributed by atoms with Crippen molar-refractivity contribution in [2.24, 2.45) is 151 Å². The highest BCUT2D eigenvalue weighted by Crippen LogP contribution is 2.70. The molecule has 14 fully saturated rings. The topological polar surface area (TPSA) is 13.0 Å². The minimum Gasteiger partial charge on any atom is -0.294 e. The molecule has 0 aliphatic heterocycles. The van der Waals surface area contributed by atoms with Crippen LogP contribution in [-0.4, -0.2) is 92.1 Å². The third-order valence-electron chi connectivity index (χ3n) is 39.0. The lowest BCUT2D eigenvalue weighted by Gasteiger charge is -2.73. The van der Waals surface area contributed by atoms with Crippen LogP contribution in [0.2, 0.25) is 0 Å². The Hall–Kier alpha value is -0.160. The van der Waals surface area contributed by atoms with Crippen LogP contribution in [0.4, 0.5) is 0 Å². The molecule has 4 nitrogen and oxygen atoms in total. The maximum absolute atomic E-state index is 3.75. The van der Waals surface area contributed by atoms with E-state index in [-0.39, 0.29) is 0 Å². The smallest absolute Gasteiger partial charge is 0.0150 e. The first kappa shape index (κ1) is 84.3. The summed E-state index contributed by atoms with van der Waals surface area (Å²) in [6.07, 6.45) is 65.8. The molecule has 0 saturated heterocycles. The van der Waals surface area contributed by atoms with Gasteiger partial charge in [0.15, 0.2) is 0 Å². The fourth-order valence-corrected chi connectivity index (χ4v) is 32.2. The molecule has 622 valence electrons. The minimum absolute atomic E-state index is 0.400. The average Bonchev–Trinajstić information content (AvgIpc) is 0.685. The molecule has 4 heteroatoms. The lowest BCUT2D eigenvalue weighted by molar-refractivity contribution is -0.236. The van der Waals surface area contributed by atoms with E-state index in [4.69, 9.17) is 0 Å². The molecule has 14 aliphatic rings. The van der Waals surface area contributed by atoms with Crippen molar-refractivity contribution in [1.29, 1.82) is 0 Å². The molecule has 14 rings (SSSR count). The number of rotatable bonds is 14. The van der Waals surface area contributed by atoms with Crippen LogP contribution in [0.15, 0.2) is 0 Å². The summed E-state index contributed by atoms with van der Waals surface area (Å²) in [4.78, 5) is 15.0. The molecule has 12 atom stereocenters. The van der Waals surface area contributed by atoms with Gasteiger partial charge in [-0.1, -0.05) is 152 Å². The van der Waals surface area contributed by atoms with Gasteiger partial charge in [0, 0.05) is 72.5 Å². The fraction of sp³-hybridized carbons (Fsp3) is 1.00. The average molecular weight is 1490 g/mol. The minimum atomic E-state index is 0.400. The Kier molecular flexibility index (Phi) is 26.5. The second-order valence-electron chi connectivity index (χ2n) is 51.1. The molecule has 14 aliphatic carbocycles. The van der Waals surface area contributed by atoms with Gasteiger partial charge in [0.25, 0.3) is 0 Å². The first-order chi connectivity index (χ1) is 51.0. The van der Waals surface area contributed by atoms with Crippen molar-refractivity contribution in [2.45, 2.75) is 507 Å².